The van der Waals surface area contributed by atoms with Gasteiger partial charge in [-0.1, -0.05) is 6.07 Å². The lowest BCUT2D eigenvalue weighted by atomic mass is 9.93. The third-order valence-electron chi connectivity index (χ3n) is 4.09. The predicted molar refractivity (Wildman–Crippen MR) is 88.1 cm³/mol. The number of nitrogens with zero attached hydrogens (tertiary/aromatic N) is 1. The van der Waals surface area contributed by atoms with Gasteiger partial charge < -0.3 is 20.3 Å². The van der Waals surface area contributed by atoms with Gasteiger partial charge in [-0.05, 0) is 31.3 Å². The van der Waals surface area contributed by atoms with Gasteiger partial charge in [0.2, 0.25) is 0 Å². The van der Waals surface area contributed by atoms with Crippen molar-refractivity contribution in [3.05, 3.63) is 46.7 Å². The number of thiocarbonyl (C=S) groups is 1. The zero-order valence-electron chi connectivity index (χ0n) is 13.1. The second-order valence-corrected chi connectivity index (χ2v) is 6.02. The first kappa shape index (κ1) is 16.8. The van der Waals surface area contributed by atoms with E-state index in [0.29, 0.717) is 32.0 Å². The zero-order valence-corrected chi connectivity index (χ0v) is 13.9. The maximum absolute atomic E-state index is 14.3. The Kier molecular flexibility index (Phi) is 4.77. The standard InChI is InChI=1S/C16H17F2N3O2S/c1-9-12(15(22)21-5-7-23-8-6-21)14(20-16(24)19-9)13-10(17)3-2-4-11(13)18/h2-4,14H,5-8H2,1H3,(H2,19,20,24)/t14-/m0/s1. The van der Waals surface area contributed by atoms with Gasteiger partial charge in [0.15, 0.2) is 5.11 Å². The van der Waals surface area contributed by atoms with Crippen LogP contribution in [0.2, 0.25) is 0 Å². The van der Waals surface area contributed by atoms with Crippen LogP contribution in [0.15, 0.2) is 29.5 Å². The van der Waals surface area contributed by atoms with Crippen molar-refractivity contribution in [2.75, 3.05) is 26.3 Å². The molecule has 0 saturated carbocycles. The van der Waals surface area contributed by atoms with Gasteiger partial charge in [0.05, 0.1) is 30.4 Å². The van der Waals surface area contributed by atoms with Crippen LogP contribution in [0.25, 0.3) is 0 Å². The molecule has 0 aliphatic carbocycles. The first-order valence-corrected chi connectivity index (χ1v) is 7.99. The molecule has 0 spiro atoms. The predicted octanol–water partition coefficient (Wildman–Crippen LogP) is 1.62. The van der Waals surface area contributed by atoms with Crippen LogP contribution in [0.3, 0.4) is 0 Å². The summed E-state index contributed by atoms with van der Waals surface area (Å²) in [6.45, 7) is 3.43. The topological polar surface area (TPSA) is 53.6 Å². The molecule has 3 rings (SSSR count). The van der Waals surface area contributed by atoms with E-state index in [-0.39, 0.29) is 22.2 Å². The molecule has 2 aliphatic rings. The summed E-state index contributed by atoms with van der Waals surface area (Å²) in [7, 11) is 0. The number of allylic oxidation sites excluding steroid dienone is 1. The Hall–Kier alpha value is -2.06. The lowest BCUT2D eigenvalue weighted by Gasteiger charge is -2.35. The number of halogens is 2. The molecule has 1 amide bonds. The average Bonchev–Trinajstić information content (AvgIpc) is 2.54. The van der Waals surface area contributed by atoms with Gasteiger partial charge >= 0.3 is 0 Å². The van der Waals surface area contributed by atoms with Gasteiger partial charge in [0.25, 0.3) is 5.91 Å². The van der Waals surface area contributed by atoms with E-state index in [1.54, 1.807) is 11.8 Å². The molecule has 0 aromatic heterocycles. The van der Waals surface area contributed by atoms with Crippen LogP contribution < -0.4 is 10.6 Å². The fraction of sp³-hybridized carbons (Fsp3) is 0.375. The van der Waals surface area contributed by atoms with Gasteiger partial charge in [-0.2, -0.15) is 0 Å². The number of carbonyl (C=O) groups excluding carboxylic acids is 1. The Morgan fingerprint density at radius 1 is 1.29 bits per heavy atom. The summed E-state index contributed by atoms with van der Waals surface area (Å²) in [4.78, 5) is 14.5. The SMILES string of the molecule is CC1=C(C(=O)N2CCOCC2)[C@@H](c2c(F)cccc2F)NC(=S)N1. The lowest BCUT2D eigenvalue weighted by Crippen LogP contribution is -2.50. The maximum Gasteiger partial charge on any atom is 0.254 e. The highest BCUT2D eigenvalue weighted by Gasteiger charge is 2.35. The van der Waals surface area contributed by atoms with E-state index in [0.717, 1.165) is 12.1 Å². The van der Waals surface area contributed by atoms with Crippen LogP contribution in [0, 0.1) is 11.6 Å². The Morgan fingerprint density at radius 2 is 1.92 bits per heavy atom. The van der Waals surface area contributed by atoms with Gasteiger partial charge in [0, 0.05) is 18.8 Å². The van der Waals surface area contributed by atoms with Gasteiger partial charge in [-0.15, -0.1) is 0 Å². The molecule has 1 atom stereocenters. The van der Waals surface area contributed by atoms with E-state index in [4.69, 9.17) is 17.0 Å². The van der Waals surface area contributed by atoms with Crippen molar-refractivity contribution in [2.45, 2.75) is 13.0 Å². The van der Waals surface area contributed by atoms with Gasteiger partial charge in [0.1, 0.15) is 11.6 Å². The minimum atomic E-state index is -0.977. The number of nitrogens with one attached hydrogen (secondary N) is 2. The number of rotatable bonds is 2. The molecule has 1 saturated heterocycles. The van der Waals surface area contributed by atoms with E-state index < -0.39 is 17.7 Å². The van der Waals surface area contributed by atoms with Crippen LogP contribution in [-0.2, 0) is 9.53 Å². The first-order chi connectivity index (χ1) is 11.5. The summed E-state index contributed by atoms with van der Waals surface area (Å²) in [5, 5.41) is 5.90. The summed E-state index contributed by atoms with van der Waals surface area (Å²) >= 11 is 5.10. The third kappa shape index (κ3) is 3.11. The number of carbonyl (C=O) groups is 1. The Balaban J connectivity index is 2.04. The fourth-order valence-electron chi connectivity index (χ4n) is 2.92. The summed E-state index contributed by atoms with van der Waals surface area (Å²) < 4.78 is 33.8. The second-order valence-electron chi connectivity index (χ2n) is 5.61. The summed E-state index contributed by atoms with van der Waals surface area (Å²) in [5.74, 6) is -1.74. The average molecular weight is 353 g/mol. The van der Waals surface area contributed by atoms with E-state index in [1.165, 1.54) is 6.07 Å². The molecular formula is C16H17F2N3O2S. The Labute approximate surface area is 143 Å². The quantitative estimate of drug-likeness (QED) is 0.792. The molecule has 2 aliphatic heterocycles. The maximum atomic E-state index is 14.3. The molecule has 2 N–H and O–H groups in total. The molecule has 5 nitrogen and oxygen atoms in total. The number of ether oxygens (including phenoxy) is 1. The highest BCUT2D eigenvalue weighted by atomic mass is 32.1. The van der Waals surface area contributed by atoms with Crippen LogP contribution in [0.5, 0.6) is 0 Å². The largest absolute Gasteiger partial charge is 0.378 e. The van der Waals surface area contributed by atoms with E-state index in [9.17, 15) is 13.6 Å². The molecule has 0 bridgehead atoms. The van der Waals surface area contributed by atoms with E-state index in [1.807, 2.05) is 0 Å². The summed E-state index contributed by atoms with van der Waals surface area (Å²) in [6.07, 6.45) is 0. The first-order valence-electron chi connectivity index (χ1n) is 7.58. The van der Waals surface area contributed by atoms with Crippen molar-refractivity contribution in [3.8, 4) is 0 Å². The van der Waals surface area contributed by atoms with Gasteiger partial charge in [-0.3, -0.25) is 4.79 Å². The number of amides is 1. The van der Waals surface area contributed by atoms with Crippen LogP contribution >= 0.6 is 12.2 Å². The molecule has 0 radical (unpaired) electrons. The van der Waals surface area contributed by atoms with Crippen molar-refractivity contribution >= 4 is 23.2 Å². The summed E-state index contributed by atoms with van der Waals surface area (Å²) in [5.41, 5.74) is 0.537. The normalized spacial score (nSPS) is 21.4. The van der Waals surface area contributed by atoms with Crippen molar-refractivity contribution in [3.63, 3.8) is 0 Å². The molecule has 1 aromatic rings. The number of hydrogen-bond donors (Lipinski definition) is 2. The minimum Gasteiger partial charge on any atom is -0.378 e. The van der Waals surface area contributed by atoms with Gasteiger partial charge in [-0.25, -0.2) is 8.78 Å². The zero-order chi connectivity index (χ0) is 17.3. The Morgan fingerprint density at radius 3 is 2.54 bits per heavy atom. The molecular weight excluding hydrogens is 336 g/mol. The number of hydrogen-bond acceptors (Lipinski definition) is 3. The van der Waals surface area contributed by atoms with Crippen LogP contribution in [-0.4, -0.2) is 42.2 Å². The van der Waals surface area contributed by atoms with Crippen LogP contribution in [0.1, 0.15) is 18.5 Å². The van der Waals surface area contributed by atoms with Crippen molar-refractivity contribution < 1.29 is 18.3 Å². The molecule has 128 valence electrons. The number of benzene rings is 1. The Bertz CT molecular complexity index is 697. The molecule has 1 aromatic carbocycles. The smallest absolute Gasteiger partial charge is 0.254 e. The summed E-state index contributed by atoms with van der Waals surface area (Å²) in [6, 6.07) is 2.64. The van der Waals surface area contributed by atoms with Crippen molar-refractivity contribution in [1.82, 2.24) is 15.5 Å². The van der Waals surface area contributed by atoms with Crippen molar-refractivity contribution in [1.29, 1.82) is 0 Å². The highest BCUT2D eigenvalue weighted by Crippen LogP contribution is 2.31. The monoisotopic (exact) mass is 353 g/mol. The minimum absolute atomic E-state index is 0.211. The second kappa shape index (κ2) is 6.82. The molecule has 8 heteroatoms. The lowest BCUT2D eigenvalue weighted by molar-refractivity contribution is -0.131. The van der Waals surface area contributed by atoms with E-state index in [2.05, 4.69) is 10.6 Å². The van der Waals surface area contributed by atoms with Crippen LogP contribution in [0.4, 0.5) is 8.78 Å². The molecule has 2 heterocycles. The highest BCUT2D eigenvalue weighted by molar-refractivity contribution is 7.80. The molecule has 24 heavy (non-hydrogen) atoms. The van der Waals surface area contributed by atoms with E-state index >= 15 is 0 Å². The third-order valence-corrected chi connectivity index (χ3v) is 4.31. The fourth-order valence-corrected chi connectivity index (χ4v) is 3.19. The molecule has 1 fully saturated rings. The van der Waals surface area contributed by atoms with Crippen molar-refractivity contribution in [2.24, 2.45) is 0 Å². The number of morpholine rings is 1. The molecule has 0 unspecified atom stereocenters.